The molecule has 0 amide bonds. The maximum atomic E-state index is 13.0. The summed E-state index contributed by atoms with van der Waals surface area (Å²) in [6, 6.07) is 19.9. The Hall–Kier alpha value is -3.71. The summed E-state index contributed by atoms with van der Waals surface area (Å²) in [5.41, 5.74) is 2.03. The number of methoxy groups -OCH3 is 1. The molecule has 2 heterocycles. The molecular formula is C22H18ClN5O2. The molecule has 1 N–H and O–H groups in total. The van der Waals surface area contributed by atoms with E-state index < -0.39 is 0 Å². The van der Waals surface area contributed by atoms with Gasteiger partial charge in [-0.2, -0.15) is 9.67 Å². The van der Waals surface area contributed by atoms with E-state index in [4.69, 9.17) is 16.3 Å². The predicted octanol–water partition coefficient (Wildman–Crippen LogP) is 4.30. The minimum Gasteiger partial charge on any atom is -0.497 e. The Kier molecular flexibility index (Phi) is 5.72. The first-order valence-corrected chi connectivity index (χ1v) is 9.57. The molecule has 8 heteroatoms. The number of carbonyl (C=O) groups is 1. The summed E-state index contributed by atoms with van der Waals surface area (Å²) in [7, 11) is 1.60. The molecule has 0 aliphatic heterocycles. The number of carbonyl (C=O) groups excluding carboxylic acids is 1. The molecule has 7 nitrogen and oxygen atoms in total. The molecule has 0 atom stereocenters. The lowest BCUT2D eigenvalue weighted by Crippen LogP contribution is -2.18. The molecule has 0 saturated carbocycles. The largest absolute Gasteiger partial charge is 0.497 e. The van der Waals surface area contributed by atoms with Gasteiger partial charge in [0, 0.05) is 23.3 Å². The molecule has 2 aromatic carbocycles. The Labute approximate surface area is 178 Å². The average Bonchev–Trinajstić information content (AvgIpc) is 3.23. The third kappa shape index (κ3) is 4.31. The number of nitrogens with one attached hydrogen (secondary N) is 1. The minimum absolute atomic E-state index is 0.276. The van der Waals surface area contributed by atoms with Crippen LogP contribution in [0.3, 0.4) is 0 Å². The van der Waals surface area contributed by atoms with Gasteiger partial charge in [-0.15, -0.1) is 5.10 Å². The van der Waals surface area contributed by atoms with E-state index in [-0.39, 0.29) is 11.6 Å². The van der Waals surface area contributed by atoms with Crippen LogP contribution in [-0.2, 0) is 6.54 Å². The fourth-order valence-corrected chi connectivity index (χ4v) is 2.94. The van der Waals surface area contributed by atoms with E-state index in [1.165, 1.54) is 4.68 Å². The first-order valence-electron chi connectivity index (χ1n) is 9.19. The van der Waals surface area contributed by atoms with Crippen molar-refractivity contribution in [3.63, 3.8) is 0 Å². The Balaban J connectivity index is 1.67. The lowest BCUT2D eigenvalue weighted by Gasteiger charge is -2.07. The summed E-state index contributed by atoms with van der Waals surface area (Å²) in [5.74, 6) is 1.09. The Bertz CT molecular complexity index is 1140. The van der Waals surface area contributed by atoms with Crippen molar-refractivity contribution >= 4 is 23.5 Å². The SMILES string of the molecule is COc1ccc(-c2nc(NCc3ccc(Cl)cc3)n(C(=O)c3ccccn3)n2)cc1. The smallest absolute Gasteiger partial charge is 0.299 e. The summed E-state index contributed by atoms with van der Waals surface area (Å²) in [5, 5.41) is 8.28. The summed E-state index contributed by atoms with van der Waals surface area (Å²) >= 11 is 5.95. The molecule has 4 aromatic rings. The van der Waals surface area contributed by atoms with Crippen LogP contribution in [-0.4, -0.2) is 32.8 Å². The van der Waals surface area contributed by atoms with Gasteiger partial charge in [-0.1, -0.05) is 29.8 Å². The van der Waals surface area contributed by atoms with Crippen molar-refractivity contribution in [2.75, 3.05) is 12.4 Å². The number of benzene rings is 2. The van der Waals surface area contributed by atoms with Crippen LogP contribution in [0.2, 0.25) is 5.02 Å². The molecule has 2 aromatic heterocycles. The second-order valence-corrected chi connectivity index (χ2v) is 6.84. The van der Waals surface area contributed by atoms with Crippen molar-refractivity contribution in [2.45, 2.75) is 6.54 Å². The van der Waals surface area contributed by atoms with Gasteiger partial charge in [0.25, 0.3) is 5.91 Å². The van der Waals surface area contributed by atoms with Gasteiger partial charge in [0.05, 0.1) is 7.11 Å². The van der Waals surface area contributed by atoms with E-state index >= 15 is 0 Å². The summed E-state index contributed by atoms with van der Waals surface area (Å²) < 4.78 is 6.43. The summed E-state index contributed by atoms with van der Waals surface area (Å²) in [6.45, 7) is 0.452. The number of hydrogen-bond donors (Lipinski definition) is 1. The van der Waals surface area contributed by atoms with Gasteiger partial charge in [0.2, 0.25) is 5.95 Å². The standard InChI is InChI=1S/C22H18ClN5O2/c1-30-18-11-7-16(8-12-18)20-26-22(25-14-15-5-9-17(23)10-6-15)28(27-20)21(29)19-4-2-3-13-24-19/h2-13H,14H2,1H3,(H,25,26,27). The number of aromatic nitrogens is 4. The van der Waals surface area contributed by atoms with Gasteiger partial charge in [-0.05, 0) is 54.1 Å². The van der Waals surface area contributed by atoms with Crippen molar-refractivity contribution in [1.82, 2.24) is 19.7 Å². The number of nitrogens with zero attached hydrogens (tertiary/aromatic N) is 4. The van der Waals surface area contributed by atoms with E-state index in [9.17, 15) is 4.79 Å². The fraction of sp³-hybridized carbons (Fsp3) is 0.0909. The van der Waals surface area contributed by atoms with Gasteiger partial charge in [0.15, 0.2) is 5.82 Å². The average molecular weight is 420 g/mol. The maximum absolute atomic E-state index is 13.0. The van der Waals surface area contributed by atoms with E-state index in [0.29, 0.717) is 23.3 Å². The normalized spacial score (nSPS) is 10.6. The first-order chi connectivity index (χ1) is 14.6. The van der Waals surface area contributed by atoms with Crippen molar-refractivity contribution in [3.8, 4) is 17.1 Å². The Morgan fingerprint density at radius 3 is 2.50 bits per heavy atom. The zero-order valence-corrected chi connectivity index (χ0v) is 16.9. The van der Waals surface area contributed by atoms with Crippen LogP contribution >= 0.6 is 11.6 Å². The van der Waals surface area contributed by atoms with Crippen LogP contribution in [0.25, 0.3) is 11.4 Å². The van der Waals surface area contributed by atoms with Crippen molar-refractivity contribution in [3.05, 3.63) is 89.2 Å². The number of hydrogen-bond acceptors (Lipinski definition) is 6. The van der Waals surface area contributed by atoms with E-state index in [0.717, 1.165) is 16.9 Å². The van der Waals surface area contributed by atoms with Gasteiger partial charge < -0.3 is 10.1 Å². The Morgan fingerprint density at radius 1 is 1.07 bits per heavy atom. The van der Waals surface area contributed by atoms with Crippen molar-refractivity contribution in [1.29, 1.82) is 0 Å². The topological polar surface area (TPSA) is 81.9 Å². The highest BCUT2D eigenvalue weighted by atomic mass is 35.5. The highest BCUT2D eigenvalue weighted by Crippen LogP contribution is 2.22. The van der Waals surface area contributed by atoms with Gasteiger partial charge in [-0.25, -0.2) is 0 Å². The predicted molar refractivity (Wildman–Crippen MR) is 115 cm³/mol. The van der Waals surface area contributed by atoms with E-state index in [1.54, 1.807) is 31.5 Å². The lowest BCUT2D eigenvalue weighted by atomic mass is 10.2. The van der Waals surface area contributed by atoms with Crippen LogP contribution in [0.15, 0.2) is 72.9 Å². The molecule has 0 bridgehead atoms. The minimum atomic E-state index is -0.374. The highest BCUT2D eigenvalue weighted by Gasteiger charge is 2.19. The van der Waals surface area contributed by atoms with Crippen molar-refractivity contribution < 1.29 is 9.53 Å². The van der Waals surface area contributed by atoms with Crippen LogP contribution < -0.4 is 10.1 Å². The molecule has 0 fully saturated rings. The lowest BCUT2D eigenvalue weighted by molar-refractivity contribution is 0.0942. The first kappa shape index (κ1) is 19.6. The highest BCUT2D eigenvalue weighted by molar-refractivity contribution is 6.30. The number of pyridine rings is 1. The van der Waals surface area contributed by atoms with Crippen LogP contribution in [0, 0.1) is 0 Å². The zero-order valence-electron chi connectivity index (χ0n) is 16.1. The zero-order chi connectivity index (χ0) is 20.9. The van der Waals surface area contributed by atoms with Crippen LogP contribution in [0.1, 0.15) is 16.1 Å². The van der Waals surface area contributed by atoms with Gasteiger partial charge >= 0.3 is 0 Å². The third-order valence-electron chi connectivity index (χ3n) is 4.40. The molecular weight excluding hydrogens is 402 g/mol. The van der Waals surface area contributed by atoms with Crippen LogP contribution in [0.4, 0.5) is 5.95 Å². The monoisotopic (exact) mass is 419 g/mol. The molecule has 30 heavy (non-hydrogen) atoms. The number of anilines is 1. The fourth-order valence-electron chi connectivity index (χ4n) is 2.81. The van der Waals surface area contributed by atoms with Gasteiger partial charge in [-0.3, -0.25) is 9.78 Å². The molecule has 0 aliphatic carbocycles. The summed E-state index contributed by atoms with van der Waals surface area (Å²) in [6.07, 6.45) is 1.56. The quantitative estimate of drug-likeness (QED) is 0.501. The van der Waals surface area contributed by atoms with Crippen molar-refractivity contribution in [2.24, 2.45) is 0 Å². The second-order valence-electron chi connectivity index (χ2n) is 6.40. The molecule has 0 unspecified atom stereocenters. The molecule has 0 saturated heterocycles. The number of rotatable bonds is 6. The maximum Gasteiger partial charge on any atom is 0.299 e. The van der Waals surface area contributed by atoms with Gasteiger partial charge in [0.1, 0.15) is 11.4 Å². The molecule has 4 rings (SSSR count). The molecule has 150 valence electrons. The second kappa shape index (κ2) is 8.75. The summed E-state index contributed by atoms with van der Waals surface area (Å²) in [4.78, 5) is 21.7. The molecule has 0 aliphatic rings. The number of ether oxygens (including phenoxy) is 1. The molecule has 0 radical (unpaired) electrons. The van der Waals surface area contributed by atoms with Crippen LogP contribution in [0.5, 0.6) is 5.75 Å². The van der Waals surface area contributed by atoms with E-state index in [2.05, 4.69) is 20.4 Å². The van der Waals surface area contributed by atoms with E-state index in [1.807, 2.05) is 48.5 Å². The third-order valence-corrected chi connectivity index (χ3v) is 4.65. The number of halogens is 1. The Morgan fingerprint density at radius 2 is 1.83 bits per heavy atom. The molecule has 0 spiro atoms.